The first-order valence-electron chi connectivity index (χ1n) is 5.34. The fraction of sp³-hybridized carbons (Fsp3) is 0. The van der Waals surface area contributed by atoms with Crippen LogP contribution in [0.3, 0.4) is 0 Å². The van der Waals surface area contributed by atoms with E-state index in [1.165, 1.54) is 18.2 Å². The Morgan fingerprint density at radius 3 is 2.00 bits per heavy atom. The summed E-state index contributed by atoms with van der Waals surface area (Å²) in [7, 11) is -3.03. The van der Waals surface area contributed by atoms with Gasteiger partial charge in [-0.2, -0.15) is 8.42 Å². The van der Waals surface area contributed by atoms with Crippen molar-refractivity contribution >= 4 is 48.7 Å². The van der Waals surface area contributed by atoms with Crippen LogP contribution >= 0.6 is 23.2 Å². The van der Waals surface area contributed by atoms with Crippen LogP contribution in [-0.2, 0) is 10.1 Å². The summed E-state index contributed by atoms with van der Waals surface area (Å²) >= 11 is 11.6. The normalized spacial score (nSPS) is 11.5. The van der Waals surface area contributed by atoms with E-state index in [0.717, 1.165) is 15.4 Å². The highest BCUT2D eigenvalue weighted by atomic mass is 35.5. The zero-order chi connectivity index (χ0) is 14.0. The molecular formula is C12H10Cl2O3SSi. The van der Waals surface area contributed by atoms with Crippen LogP contribution in [0.1, 0.15) is 0 Å². The summed E-state index contributed by atoms with van der Waals surface area (Å²) in [4.78, 5) is -0.0695. The third kappa shape index (κ3) is 3.73. The molecule has 0 bridgehead atoms. The van der Waals surface area contributed by atoms with Crippen LogP contribution in [0.5, 0.6) is 5.75 Å². The largest absolute Gasteiger partial charge is 0.379 e. The Kier molecular flexibility index (Phi) is 4.20. The molecule has 0 spiro atoms. The second-order valence-electron chi connectivity index (χ2n) is 3.96. The second-order valence-corrected chi connectivity index (χ2v) is 7.53. The van der Waals surface area contributed by atoms with Gasteiger partial charge in [-0.25, -0.2) is 0 Å². The van der Waals surface area contributed by atoms with Gasteiger partial charge in [0.2, 0.25) is 0 Å². The molecule has 7 heteroatoms. The summed E-state index contributed by atoms with van der Waals surface area (Å²) in [5, 5.41) is 1.63. The Bertz CT molecular complexity index is 679. The van der Waals surface area contributed by atoms with E-state index in [9.17, 15) is 8.42 Å². The molecule has 0 radical (unpaired) electrons. The van der Waals surface area contributed by atoms with Crippen molar-refractivity contribution in [3.63, 3.8) is 0 Å². The Labute approximate surface area is 124 Å². The molecular weight excluding hydrogens is 323 g/mol. The first-order valence-corrected chi connectivity index (χ1v) is 8.50. The Balaban J connectivity index is 2.34. The fourth-order valence-corrected chi connectivity index (χ4v) is 3.43. The molecule has 0 atom stereocenters. The van der Waals surface area contributed by atoms with Crippen molar-refractivity contribution in [3.05, 3.63) is 52.5 Å². The molecule has 0 saturated carbocycles. The maximum absolute atomic E-state index is 12.1. The molecule has 0 aliphatic carbocycles. The third-order valence-electron chi connectivity index (χ3n) is 2.35. The maximum Gasteiger partial charge on any atom is 0.339 e. The third-order valence-corrected chi connectivity index (χ3v) is 4.68. The number of rotatable bonds is 3. The summed E-state index contributed by atoms with van der Waals surface area (Å²) in [5.74, 6) is 0.260. The number of benzene rings is 2. The van der Waals surface area contributed by atoms with E-state index in [1.807, 2.05) is 12.1 Å². The quantitative estimate of drug-likeness (QED) is 0.635. The number of halogens is 2. The van der Waals surface area contributed by atoms with E-state index < -0.39 is 10.1 Å². The highest BCUT2D eigenvalue weighted by molar-refractivity contribution is 7.87. The highest BCUT2D eigenvalue weighted by Crippen LogP contribution is 2.24. The summed E-state index contributed by atoms with van der Waals surface area (Å²) < 4.78 is 29.1. The minimum Gasteiger partial charge on any atom is -0.379 e. The molecule has 2 rings (SSSR count). The van der Waals surface area contributed by atoms with Crippen LogP contribution in [0.2, 0.25) is 10.0 Å². The summed E-state index contributed by atoms with van der Waals surface area (Å²) in [5.41, 5.74) is 0. The van der Waals surface area contributed by atoms with Gasteiger partial charge in [-0.05, 0) is 30.3 Å². The van der Waals surface area contributed by atoms with Crippen molar-refractivity contribution < 1.29 is 12.6 Å². The van der Waals surface area contributed by atoms with E-state index in [1.54, 1.807) is 12.1 Å². The van der Waals surface area contributed by atoms with Gasteiger partial charge in [0.1, 0.15) is 10.6 Å². The second kappa shape index (κ2) is 5.54. The Morgan fingerprint density at radius 2 is 1.47 bits per heavy atom. The van der Waals surface area contributed by atoms with Gasteiger partial charge in [-0.1, -0.05) is 40.5 Å². The summed E-state index contributed by atoms with van der Waals surface area (Å²) in [6, 6.07) is 10.9. The van der Waals surface area contributed by atoms with Gasteiger partial charge < -0.3 is 4.18 Å². The molecule has 0 unspecified atom stereocenters. The van der Waals surface area contributed by atoms with Crippen LogP contribution in [0.25, 0.3) is 0 Å². The molecule has 2 aromatic carbocycles. The van der Waals surface area contributed by atoms with Gasteiger partial charge in [-0.3, -0.25) is 0 Å². The van der Waals surface area contributed by atoms with Crippen molar-refractivity contribution in [2.24, 2.45) is 0 Å². The molecule has 0 aliphatic heterocycles. The van der Waals surface area contributed by atoms with Crippen molar-refractivity contribution in [2.75, 3.05) is 0 Å². The summed E-state index contributed by atoms with van der Waals surface area (Å²) in [6.07, 6.45) is 0. The van der Waals surface area contributed by atoms with Crippen molar-refractivity contribution in [2.45, 2.75) is 4.90 Å². The van der Waals surface area contributed by atoms with E-state index in [2.05, 4.69) is 0 Å². The first kappa shape index (κ1) is 14.4. The molecule has 0 N–H and O–H groups in total. The zero-order valence-corrected chi connectivity index (χ0v) is 14.3. The predicted molar refractivity (Wildman–Crippen MR) is 80.3 cm³/mol. The topological polar surface area (TPSA) is 43.4 Å². The van der Waals surface area contributed by atoms with E-state index >= 15 is 0 Å². The lowest BCUT2D eigenvalue weighted by molar-refractivity contribution is 0.486. The van der Waals surface area contributed by atoms with Crippen LogP contribution in [-0.4, -0.2) is 18.7 Å². The molecule has 0 aliphatic rings. The predicted octanol–water partition coefficient (Wildman–Crippen LogP) is 1.75. The van der Waals surface area contributed by atoms with Crippen LogP contribution in [0.15, 0.2) is 47.4 Å². The van der Waals surface area contributed by atoms with Gasteiger partial charge in [0.15, 0.2) is 0 Å². The van der Waals surface area contributed by atoms with Crippen LogP contribution in [0.4, 0.5) is 0 Å². The van der Waals surface area contributed by atoms with Crippen molar-refractivity contribution in [1.29, 1.82) is 0 Å². The fourth-order valence-electron chi connectivity index (χ4n) is 1.44. The van der Waals surface area contributed by atoms with Gasteiger partial charge in [-0.15, -0.1) is 0 Å². The molecule has 19 heavy (non-hydrogen) atoms. The molecule has 2 aromatic rings. The van der Waals surface area contributed by atoms with E-state index in [4.69, 9.17) is 27.4 Å². The molecule has 0 heterocycles. The monoisotopic (exact) mass is 332 g/mol. The lowest BCUT2D eigenvalue weighted by Crippen LogP contribution is -2.10. The van der Waals surface area contributed by atoms with Gasteiger partial charge in [0, 0.05) is 20.3 Å². The average Bonchev–Trinajstić information content (AvgIpc) is 2.31. The molecule has 0 saturated heterocycles. The number of hydrogen-bond acceptors (Lipinski definition) is 3. The van der Waals surface area contributed by atoms with Crippen molar-refractivity contribution in [3.8, 4) is 5.75 Å². The highest BCUT2D eigenvalue weighted by Gasteiger charge is 2.18. The molecule has 0 fully saturated rings. The molecule has 3 nitrogen and oxygen atoms in total. The standard InChI is InChI=1S/C12H10Cl2O3SSi/c13-8-5-9(14)7-11(6-8)18(15,16)17-10-1-3-12(19)4-2-10/h1-7H,19H3. The van der Waals surface area contributed by atoms with Gasteiger partial charge in [0.05, 0.1) is 0 Å². The summed E-state index contributed by atoms with van der Waals surface area (Å²) in [6.45, 7) is 0. The average molecular weight is 333 g/mol. The Hall–Kier alpha value is -1.01. The Morgan fingerprint density at radius 1 is 0.947 bits per heavy atom. The molecule has 0 aromatic heterocycles. The van der Waals surface area contributed by atoms with Crippen molar-refractivity contribution in [1.82, 2.24) is 0 Å². The van der Waals surface area contributed by atoms with Gasteiger partial charge in [0.25, 0.3) is 0 Å². The lowest BCUT2D eigenvalue weighted by atomic mass is 10.3. The first-order chi connectivity index (χ1) is 8.87. The zero-order valence-electron chi connectivity index (χ0n) is 9.93. The lowest BCUT2D eigenvalue weighted by Gasteiger charge is -2.08. The SMILES string of the molecule is O=S(=O)(Oc1ccc([SiH3])cc1)c1cc(Cl)cc(Cl)c1. The number of hydrogen-bond donors (Lipinski definition) is 0. The minimum absolute atomic E-state index is 0.0695. The molecule has 0 amide bonds. The smallest absolute Gasteiger partial charge is 0.339 e. The maximum atomic E-state index is 12.1. The van der Waals surface area contributed by atoms with E-state index in [-0.39, 0.29) is 20.7 Å². The molecule has 100 valence electrons. The van der Waals surface area contributed by atoms with Crippen LogP contribution in [0, 0.1) is 0 Å². The van der Waals surface area contributed by atoms with E-state index in [0.29, 0.717) is 0 Å². The van der Waals surface area contributed by atoms with Gasteiger partial charge >= 0.3 is 10.1 Å². The minimum atomic E-state index is -3.93. The van der Waals surface area contributed by atoms with Crippen LogP contribution < -0.4 is 9.37 Å².